The van der Waals surface area contributed by atoms with Gasteiger partial charge in [-0.25, -0.2) is 4.79 Å². The van der Waals surface area contributed by atoms with Gasteiger partial charge in [-0.05, 0) is 94.4 Å². The Balaban J connectivity index is 1.42. The van der Waals surface area contributed by atoms with Crippen molar-refractivity contribution < 1.29 is 14.0 Å². The molecule has 1 N–H and O–H groups in total. The fraction of sp³-hybridized carbons (Fsp3) is 0.562. The average Bonchev–Trinajstić information content (AvgIpc) is 3.25. The molecule has 9 heteroatoms. The Morgan fingerprint density at radius 2 is 1.88 bits per heavy atom. The largest absolute Gasteiger partial charge is 0.444 e. The maximum Gasteiger partial charge on any atom is 0.407 e. The Kier molecular flexibility index (Phi) is 8.27. The van der Waals surface area contributed by atoms with Crippen LogP contribution in [0.25, 0.3) is 21.3 Å². The van der Waals surface area contributed by atoms with Gasteiger partial charge in [0.15, 0.2) is 8.32 Å². The van der Waals surface area contributed by atoms with Crippen molar-refractivity contribution in [2.75, 3.05) is 11.4 Å². The molecule has 0 spiro atoms. The van der Waals surface area contributed by atoms with E-state index in [9.17, 15) is 4.79 Å². The van der Waals surface area contributed by atoms with E-state index in [1.165, 1.54) is 32.0 Å². The molecule has 0 saturated heterocycles. The van der Waals surface area contributed by atoms with Crippen LogP contribution in [0.3, 0.4) is 0 Å². The number of fused-ring (bicyclic) bond motifs is 2. The molecule has 5 rings (SSSR count). The minimum atomic E-state index is -1.86. The van der Waals surface area contributed by atoms with Crippen molar-refractivity contribution in [3.05, 3.63) is 45.9 Å². The number of nitrogens with one attached hydrogen (secondary N) is 1. The fourth-order valence-electron chi connectivity index (χ4n) is 5.48. The van der Waals surface area contributed by atoms with Crippen LogP contribution in [0, 0.1) is 0 Å². The molecule has 0 unspecified atom stereocenters. The van der Waals surface area contributed by atoms with Crippen molar-refractivity contribution in [3.63, 3.8) is 0 Å². The zero-order valence-corrected chi connectivity index (χ0v) is 28.3. The van der Waals surface area contributed by atoms with Crippen molar-refractivity contribution in [2.45, 2.75) is 110 Å². The van der Waals surface area contributed by atoms with E-state index in [1.54, 1.807) is 11.3 Å². The van der Waals surface area contributed by atoms with Gasteiger partial charge in [-0.1, -0.05) is 32.4 Å². The highest BCUT2D eigenvalue weighted by molar-refractivity contribution is 7.19. The third-order valence-corrected chi connectivity index (χ3v) is 14.5. The molecule has 222 valence electrons. The van der Waals surface area contributed by atoms with E-state index in [-0.39, 0.29) is 17.2 Å². The molecule has 1 saturated carbocycles. The zero-order chi connectivity index (χ0) is 29.7. The first-order chi connectivity index (χ1) is 19.1. The summed E-state index contributed by atoms with van der Waals surface area (Å²) in [5, 5.41) is 3.99. The number of ether oxygens (including phenoxy) is 1. The number of carbonyl (C=O) groups is 1. The molecule has 0 bridgehead atoms. The average molecular weight is 614 g/mol. The zero-order valence-electron chi connectivity index (χ0n) is 25.7. The number of nitrogens with zero attached hydrogens (tertiary/aromatic N) is 2. The summed E-state index contributed by atoms with van der Waals surface area (Å²) >= 11 is 8.51. The Hall–Kier alpha value is -2.13. The number of aromatic nitrogens is 1. The van der Waals surface area contributed by atoms with Crippen LogP contribution in [-0.2, 0) is 22.2 Å². The second-order valence-corrected chi connectivity index (χ2v) is 20.4. The van der Waals surface area contributed by atoms with E-state index >= 15 is 0 Å². The van der Waals surface area contributed by atoms with Gasteiger partial charge in [0.05, 0.1) is 16.8 Å². The van der Waals surface area contributed by atoms with Crippen molar-refractivity contribution >= 4 is 53.3 Å². The molecule has 0 radical (unpaired) electrons. The number of carbonyl (C=O) groups excluding carboxylic acids is 1. The van der Waals surface area contributed by atoms with Gasteiger partial charge >= 0.3 is 6.09 Å². The lowest BCUT2D eigenvalue weighted by atomic mass is 9.82. The van der Waals surface area contributed by atoms with Crippen molar-refractivity contribution in [2.24, 2.45) is 0 Å². The Morgan fingerprint density at radius 1 is 1.15 bits per heavy atom. The summed E-state index contributed by atoms with van der Waals surface area (Å²) in [6.07, 6.45) is 5.48. The van der Waals surface area contributed by atoms with Crippen LogP contribution in [0.5, 0.6) is 0 Å². The number of pyridine rings is 1. The Bertz CT molecular complexity index is 1440. The van der Waals surface area contributed by atoms with E-state index in [2.05, 4.69) is 68.3 Å². The highest BCUT2D eigenvalue weighted by atomic mass is 35.5. The number of halogens is 1. The second kappa shape index (κ2) is 11.2. The van der Waals surface area contributed by atoms with Gasteiger partial charge in [-0.15, -0.1) is 11.3 Å². The van der Waals surface area contributed by atoms with E-state index < -0.39 is 13.9 Å². The highest BCUT2D eigenvalue weighted by Crippen LogP contribution is 2.46. The third kappa shape index (κ3) is 6.61. The maximum atomic E-state index is 12.3. The highest BCUT2D eigenvalue weighted by Gasteiger charge is 2.39. The Labute approximate surface area is 254 Å². The number of amides is 1. The van der Waals surface area contributed by atoms with Crippen LogP contribution < -0.4 is 10.2 Å². The Morgan fingerprint density at radius 3 is 2.56 bits per heavy atom. The molecule has 1 fully saturated rings. The van der Waals surface area contributed by atoms with Crippen LogP contribution in [0.15, 0.2) is 30.5 Å². The molecule has 2 aromatic heterocycles. The quantitative estimate of drug-likeness (QED) is 0.281. The summed E-state index contributed by atoms with van der Waals surface area (Å²) < 4.78 is 13.2. The van der Waals surface area contributed by atoms with Crippen LogP contribution in [0.4, 0.5) is 10.5 Å². The smallest absolute Gasteiger partial charge is 0.407 e. The number of anilines is 1. The van der Waals surface area contributed by atoms with Crippen molar-refractivity contribution in [1.82, 2.24) is 10.3 Å². The van der Waals surface area contributed by atoms with Gasteiger partial charge in [0.25, 0.3) is 0 Å². The first kappa shape index (κ1) is 30.3. The lowest BCUT2D eigenvalue weighted by Crippen LogP contribution is -2.55. The number of rotatable bonds is 6. The lowest BCUT2D eigenvalue weighted by Gasteiger charge is -2.47. The second-order valence-electron chi connectivity index (χ2n) is 14.1. The summed E-state index contributed by atoms with van der Waals surface area (Å²) in [4.78, 5) is 20.8. The minimum Gasteiger partial charge on any atom is -0.444 e. The summed E-state index contributed by atoms with van der Waals surface area (Å²) in [5.74, 6) is 0. The number of hydrogen-bond donors (Lipinski definition) is 1. The first-order valence-corrected chi connectivity index (χ1v) is 18.8. The normalized spacial score (nSPS) is 19.6. The number of aryl methyl sites for hydroxylation is 1. The molecule has 1 aliphatic heterocycles. The molecular weight excluding hydrogens is 570 g/mol. The predicted molar refractivity (Wildman–Crippen MR) is 174 cm³/mol. The van der Waals surface area contributed by atoms with E-state index in [0.29, 0.717) is 12.6 Å². The summed E-state index contributed by atoms with van der Waals surface area (Å²) in [5.41, 5.74) is 5.42. The molecular formula is C32H44ClN3O3SSi. The fourth-order valence-corrected chi connectivity index (χ4v) is 7.83. The van der Waals surface area contributed by atoms with Crippen LogP contribution in [0.1, 0.15) is 71.2 Å². The van der Waals surface area contributed by atoms with Gasteiger partial charge in [0, 0.05) is 51.5 Å². The summed E-state index contributed by atoms with van der Waals surface area (Å²) in [7, 11) is -1.86. The molecule has 0 atom stereocenters. The van der Waals surface area contributed by atoms with Crippen molar-refractivity contribution in [1.29, 1.82) is 0 Å². The number of alkyl carbamates (subject to hydrolysis) is 1. The summed E-state index contributed by atoms with van der Waals surface area (Å²) in [6, 6.07) is 9.06. The number of thiophene rings is 1. The maximum absolute atomic E-state index is 12.3. The molecule has 6 nitrogen and oxygen atoms in total. The van der Waals surface area contributed by atoms with Crippen LogP contribution in [0.2, 0.25) is 23.2 Å². The standard InChI is InChI=1S/C32H44ClN3O3SSi/c1-31(2,3)39-30(37)35-22-16-23(17-22)36-13-9-10-20-14-21(33)15-26(28(20)36)25-11-12-34-27-18-24(40-29(25)27)19-38-41(7,8)32(4,5)6/h11-12,14-15,18,22-23H,9-10,13,16-17,19H2,1-8H3,(H,35,37). The molecule has 2 aliphatic rings. The molecule has 3 aromatic rings. The van der Waals surface area contributed by atoms with Gasteiger partial charge in [-0.2, -0.15) is 0 Å². The van der Waals surface area contributed by atoms with Crippen LogP contribution >= 0.6 is 22.9 Å². The third-order valence-electron chi connectivity index (χ3n) is 8.70. The predicted octanol–water partition coefficient (Wildman–Crippen LogP) is 8.95. The molecule has 1 aromatic carbocycles. The van der Waals surface area contributed by atoms with E-state index in [4.69, 9.17) is 25.7 Å². The van der Waals surface area contributed by atoms with Gasteiger partial charge < -0.3 is 19.4 Å². The molecule has 3 heterocycles. The number of hydrogen-bond acceptors (Lipinski definition) is 6. The van der Waals surface area contributed by atoms with Gasteiger partial charge in [-0.3, -0.25) is 4.98 Å². The first-order valence-electron chi connectivity index (χ1n) is 14.7. The van der Waals surface area contributed by atoms with Gasteiger partial charge in [0.2, 0.25) is 0 Å². The monoisotopic (exact) mass is 613 g/mol. The SMILES string of the molecule is CC(C)(C)OC(=O)NC1CC(N2CCCc3cc(Cl)cc(-c4ccnc5cc(CO[Si](C)(C)C(C)(C)C)sc45)c32)C1. The summed E-state index contributed by atoms with van der Waals surface area (Å²) in [6.45, 7) is 18.7. The van der Waals surface area contributed by atoms with Gasteiger partial charge in [0.1, 0.15) is 5.60 Å². The minimum absolute atomic E-state index is 0.129. The van der Waals surface area contributed by atoms with E-state index in [1.807, 2.05) is 27.0 Å². The molecule has 41 heavy (non-hydrogen) atoms. The molecule has 1 amide bonds. The van der Waals surface area contributed by atoms with E-state index in [0.717, 1.165) is 42.8 Å². The topological polar surface area (TPSA) is 63.7 Å². The molecule has 1 aliphatic carbocycles. The van der Waals surface area contributed by atoms with Crippen molar-refractivity contribution in [3.8, 4) is 11.1 Å². The number of benzene rings is 1. The lowest BCUT2D eigenvalue weighted by molar-refractivity contribution is 0.0470. The van der Waals surface area contributed by atoms with Crippen LogP contribution in [-0.4, -0.2) is 43.6 Å².